The summed E-state index contributed by atoms with van der Waals surface area (Å²) in [4.78, 5) is 0. The number of hydrogen-bond acceptors (Lipinski definition) is 2. The van der Waals surface area contributed by atoms with Crippen LogP contribution in [0.1, 0.15) is 27.7 Å². The Balaban J connectivity index is 4.44. The Hall–Kier alpha value is 0.357. The lowest BCUT2D eigenvalue weighted by Gasteiger charge is -2.39. The van der Waals surface area contributed by atoms with Gasteiger partial charge in [0, 0.05) is 5.33 Å². The highest BCUT2D eigenvalue weighted by Gasteiger charge is 2.39. The Bertz CT molecular complexity index is 234. The Morgan fingerprint density at radius 2 is 1.88 bits per heavy atom. The fraction of sp³-hybridized carbons (Fsp3) is 0.833. The smallest absolute Gasteiger partial charge is 0.192 e. The quantitative estimate of drug-likeness (QED) is 0.476. The molecule has 96 valence electrons. The second-order valence-corrected chi connectivity index (χ2v) is 11.1. The first-order chi connectivity index (χ1) is 7.12. The van der Waals surface area contributed by atoms with Gasteiger partial charge in [0.15, 0.2) is 8.32 Å². The molecule has 0 aromatic heterocycles. The summed E-state index contributed by atoms with van der Waals surface area (Å²) in [5, 5.41) is 10.8. The van der Waals surface area contributed by atoms with Crippen LogP contribution in [0.2, 0.25) is 18.1 Å². The molecule has 0 radical (unpaired) electrons. The summed E-state index contributed by atoms with van der Waals surface area (Å²) >= 11 is 3.29. The van der Waals surface area contributed by atoms with Crippen molar-refractivity contribution < 1.29 is 9.53 Å². The zero-order valence-corrected chi connectivity index (χ0v) is 13.8. The van der Waals surface area contributed by atoms with E-state index >= 15 is 0 Å². The third-order valence-electron chi connectivity index (χ3n) is 3.19. The van der Waals surface area contributed by atoms with Crippen molar-refractivity contribution in [2.45, 2.75) is 58.0 Å². The van der Waals surface area contributed by atoms with Crippen molar-refractivity contribution in [1.82, 2.24) is 0 Å². The van der Waals surface area contributed by atoms with Gasteiger partial charge >= 0.3 is 0 Å². The predicted octanol–water partition coefficient (Wildman–Crippen LogP) is 3.71. The first kappa shape index (κ1) is 16.4. The molecule has 0 bridgehead atoms. The molecule has 16 heavy (non-hydrogen) atoms. The lowest BCUT2D eigenvalue weighted by molar-refractivity contribution is 0.0692. The predicted molar refractivity (Wildman–Crippen MR) is 76.7 cm³/mol. The zero-order valence-electron chi connectivity index (χ0n) is 11.2. The Kier molecular flexibility index (Phi) is 6.47. The summed E-state index contributed by atoms with van der Waals surface area (Å²) in [5.74, 6) is 0. The van der Waals surface area contributed by atoms with E-state index in [-0.39, 0.29) is 11.1 Å². The molecule has 4 heteroatoms. The molecule has 0 aliphatic rings. The van der Waals surface area contributed by atoms with Crippen LogP contribution in [0.3, 0.4) is 0 Å². The Labute approximate surface area is 109 Å². The van der Waals surface area contributed by atoms with E-state index in [1.165, 1.54) is 0 Å². The third kappa shape index (κ3) is 5.12. The van der Waals surface area contributed by atoms with Gasteiger partial charge in [-0.05, 0) is 25.1 Å². The number of aliphatic hydroxyl groups is 1. The molecule has 0 fully saturated rings. The topological polar surface area (TPSA) is 29.5 Å². The molecular formula is C12H25BrO2Si. The molecule has 0 saturated heterocycles. The van der Waals surface area contributed by atoms with Gasteiger partial charge in [0.2, 0.25) is 0 Å². The third-order valence-corrected chi connectivity index (χ3v) is 8.14. The molecule has 0 unspecified atom stereocenters. The summed E-state index contributed by atoms with van der Waals surface area (Å²) in [7, 11) is -1.78. The highest BCUT2D eigenvalue weighted by atomic mass is 79.9. The molecule has 0 aromatic carbocycles. The first-order valence-electron chi connectivity index (χ1n) is 5.70. The number of rotatable bonds is 5. The molecule has 0 aromatic rings. The monoisotopic (exact) mass is 308 g/mol. The minimum absolute atomic E-state index is 0.142. The van der Waals surface area contributed by atoms with E-state index in [2.05, 4.69) is 49.8 Å². The van der Waals surface area contributed by atoms with Gasteiger partial charge in [0.1, 0.15) is 0 Å². The normalized spacial score (nSPS) is 17.8. The lowest BCUT2D eigenvalue weighted by atomic mass is 10.2. The van der Waals surface area contributed by atoms with Crippen LogP contribution in [0, 0.1) is 0 Å². The number of aliphatic hydroxyl groups excluding tert-OH is 1. The fourth-order valence-electron chi connectivity index (χ4n) is 1.06. The maximum atomic E-state index is 9.87. The van der Waals surface area contributed by atoms with Crippen LogP contribution in [-0.2, 0) is 4.43 Å². The van der Waals surface area contributed by atoms with Gasteiger partial charge < -0.3 is 9.53 Å². The van der Waals surface area contributed by atoms with Gasteiger partial charge in [0.05, 0.1) is 12.2 Å². The number of allylic oxidation sites excluding steroid dienone is 1. The van der Waals surface area contributed by atoms with Crippen molar-refractivity contribution in [2.24, 2.45) is 0 Å². The summed E-state index contributed by atoms with van der Waals surface area (Å²) < 4.78 is 6.08. The maximum absolute atomic E-state index is 9.87. The molecule has 1 N–H and O–H groups in total. The van der Waals surface area contributed by atoms with Crippen molar-refractivity contribution in [3.63, 3.8) is 0 Å². The molecule has 0 rings (SSSR count). The zero-order chi connectivity index (χ0) is 13.0. The molecule has 2 atom stereocenters. The van der Waals surface area contributed by atoms with Gasteiger partial charge in [-0.3, -0.25) is 0 Å². The van der Waals surface area contributed by atoms with Crippen molar-refractivity contribution in [3.8, 4) is 0 Å². The molecule has 0 aliphatic carbocycles. The average Bonchev–Trinajstić information content (AvgIpc) is 2.11. The Morgan fingerprint density at radius 1 is 1.38 bits per heavy atom. The van der Waals surface area contributed by atoms with Crippen LogP contribution in [0.4, 0.5) is 0 Å². The van der Waals surface area contributed by atoms with E-state index in [1.54, 1.807) is 6.08 Å². The van der Waals surface area contributed by atoms with Gasteiger partial charge in [0.25, 0.3) is 0 Å². The molecule has 0 heterocycles. The first-order valence-corrected chi connectivity index (χ1v) is 9.73. The summed E-state index contributed by atoms with van der Waals surface area (Å²) in [6, 6.07) is 0. The molecule has 2 nitrogen and oxygen atoms in total. The summed E-state index contributed by atoms with van der Waals surface area (Å²) in [6.45, 7) is 12.9. The van der Waals surface area contributed by atoms with Gasteiger partial charge in [-0.25, -0.2) is 0 Å². The van der Waals surface area contributed by atoms with Gasteiger partial charge in [-0.1, -0.05) is 48.9 Å². The molecular weight excluding hydrogens is 284 g/mol. The minimum atomic E-state index is -1.78. The molecule has 0 amide bonds. The van der Waals surface area contributed by atoms with Crippen molar-refractivity contribution in [3.05, 3.63) is 12.2 Å². The molecule has 0 aliphatic heterocycles. The fourth-order valence-corrected chi connectivity index (χ4v) is 2.70. The van der Waals surface area contributed by atoms with Gasteiger partial charge in [-0.2, -0.15) is 0 Å². The van der Waals surface area contributed by atoms with Crippen LogP contribution in [0.25, 0.3) is 0 Å². The second kappa shape index (κ2) is 6.33. The highest BCUT2D eigenvalue weighted by molar-refractivity contribution is 9.09. The second-order valence-electron chi connectivity index (χ2n) is 5.66. The van der Waals surface area contributed by atoms with Crippen LogP contribution in [0.15, 0.2) is 12.2 Å². The van der Waals surface area contributed by atoms with Crippen LogP contribution in [-0.4, -0.2) is 31.0 Å². The van der Waals surface area contributed by atoms with E-state index in [9.17, 15) is 5.11 Å². The van der Waals surface area contributed by atoms with Crippen LogP contribution >= 0.6 is 15.9 Å². The Morgan fingerprint density at radius 3 is 2.25 bits per heavy atom. The minimum Gasteiger partial charge on any atom is -0.411 e. The van der Waals surface area contributed by atoms with Gasteiger partial charge in [-0.15, -0.1) is 0 Å². The highest BCUT2D eigenvalue weighted by Crippen LogP contribution is 2.37. The van der Waals surface area contributed by atoms with Crippen LogP contribution in [0.5, 0.6) is 0 Å². The van der Waals surface area contributed by atoms with E-state index in [4.69, 9.17) is 4.43 Å². The van der Waals surface area contributed by atoms with Crippen molar-refractivity contribution >= 4 is 24.2 Å². The van der Waals surface area contributed by atoms with E-state index in [0.717, 1.165) is 5.33 Å². The van der Waals surface area contributed by atoms with E-state index in [0.29, 0.717) is 0 Å². The average molecular weight is 309 g/mol. The standard InChI is InChI=1S/C12H25BrO2Si/c1-10(11(14)8-7-9-13)15-16(5,6)12(2,3)4/h7-8,10-11,14H,9H2,1-6H3/b8-7+/t10-,11+/m0/s1. The van der Waals surface area contributed by atoms with Crippen LogP contribution < -0.4 is 0 Å². The number of hydrogen-bond donors (Lipinski definition) is 1. The summed E-state index contributed by atoms with van der Waals surface area (Å²) in [5.41, 5.74) is 0. The van der Waals surface area contributed by atoms with Crippen molar-refractivity contribution in [2.75, 3.05) is 5.33 Å². The maximum Gasteiger partial charge on any atom is 0.192 e. The van der Waals surface area contributed by atoms with E-state index in [1.807, 2.05) is 13.0 Å². The lowest BCUT2D eigenvalue weighted by Crippen LogP contribution is -2.45. The molecule has 0 saturated carbocycles. The largest absolute Gasteiger partial charge is 0.411 e. The van der Waals surface area contributed by atoms with Crippen molar-refractivity contribution in [1.29, 1.82) is 0 Å². The number of alkyl halides is 1. The summed E-state index contributed by atoms with van der Waals surface area (Å²) in [6.07, 6.45) is 3.02. The SMILES string of the molecule is C[C@H](O[Si](C)(C)C(C)(C)C)[C@H](O)/C=C/CBr. The van der Waals surface area contributed by atoms with E-state index < -0.39 is 14.4 Å². The molecule has 0 spiro atoms. The number of halogens is 1.